The van der Waals surface area contributed by atoms with Crippen LogP contribution in [-0.2, 0) is 5.54 Å². The van der Waals surface area contributed by atoms with E-state index in [0.29, 0.717) is 5.92 Å². The Balaban J connectivity index is 2.29. The fourth-order valence-electron chi connectivity index (χ4n) is 2.31. The normalized spacial score (nSPS) is 33.2. The number of nitrogens with zero attached hydrogens (tertiary/aromatic N) is 1. The van der Waals surface area contributed by atoms with Gasteiger partial charge in [-0.1, -0.05) is 19.8 Å². The molecule has 0 aromatic carbocycles. The van der Waals surface area contributed by atoms with Gasteiger partial charge in [0.15, 0.2) is 0 Å². The van der Waals surface area contributed by atoms with Gasteiger partial charge < -0.3 is 5.73 Å². The first kappa shape index (κ1) is 10.1. The third-order valence-electron chi connectivity index (χ3n) is 3.44. The van der Waals surface area contributed by atoms with Crippen LogP contribution in [0.1, 0.15) is 42.5 Å². The molecule has 0 aliphatic heterocycles. The summed E-state index contributed by atoms with van der Waals surface area (Å²) in [6.45, 7) is 4.32. The monoisotopic (exact) mass is 210 g/mol. The SMILES string of the molecule is Cc1ncc(C2(N)CCCCC2C)s1. The van der Waals surface area contributed by atoms with Gasteiger partial charge in [-0.3, -0.25) is 0 Å². The second-order valence-electron chi connectivity index (χ2n) is 4.43. The molecule has 0 bridgehead atoms. The van der Waals surface area contributed by atoms with Crippen molar-refractivity contribution in [3.63, 3.8) is 0 Å². The van der Waals surface area contributed by atoms with E-state index in [1.165, 1.54) is 24.1 Å². The summed E-state index contributed by atoms with van der Waals surface area (Å²) in [5, 5.41) is 1.13. The highest BCUT2D eigenvalue weighted by molar-refractivity contribution is 7.11. The molecular formula is C11H18N2S. The van der Waals surface area contributed by atoms with Crippen molar-refractivity contribution in [3.8, 4) is 0 Å². The fraction of sp³-hybridized carbons (Fsp3) is 0.727. The standard InChI is InChI=1S/C11H18N2S/c1-8-5-3-4-6-11(8,12)10-7-13-9(2)14-10/h7-8H,3-6,12H2,1-2H3. The van der Waals surface area contributed by atoms with Crippen molar-refractivity contribution in [2.45, 2.75) is 45.1 Å². The minimum Gasteiger partial charge on any atom is -0.320 e. The average molecular weight is 210 g/mol. The first-order valence-electron chi connectivity index (χ1n) is 5.35. The zero-order valence-corrected chi connectivity index (χ0v) is 9.73. The second-order valence-corrected chi connectivity index (χ2v) is 5.67. The molecule has 2 rings (SSSR count). The van der Waals surface area contributed by atoms with Crippen molar-refractivity contribution in [3.05, 3.63) is 16.1 Å². The molecule has 1 saturated carbocycles. The molecule has 1 aliphatic rings. The Morgan fingerprint density at radius 1 is 1.57 bits per heavy atom. The fourth-order valence-corrected chi connectivity index (χ4v) is 3.34. The van der Waals surface area contributed by atoms with Gasteiger partial charge in [-0.05, 0) is 25.7 Å². The van der Waals surface area contributed by atoms with Gasteiger partial charge in [-0.2, -0.15) is 0 Å². The lowest BCUT2D eigenvalue weighted by Crippen LogP contribution is -2.44. The van der Waals surface area contributed by atoms with E-state index >= 15 is 0 Å². The summed E-state index contributed by atoms with van der Waals surface area (Å²) in [4.78, 5) is 5.59. The van der Waals surface area contributed by atoms with Crippen LogP contribution in [0, 0.1) is 12.8 Å². The van der Waals surface area contributed by atoms with Gasteiger partial charge in [0.2, 0.25) is 0 Å². The first-order chi connectivity index (χ1) is 6.63. The largest absolute Gasteiger partial charge is 0.320 e. The Kier molecular flexibility index (Phi) is 2.62. The molecule has 14 heavy (non-hydrogen) atoms. The minimum absolute atomic E-state index is 0.0931. The van der Waals surface area contributed by atoms with E-state index in [4.69, 9.17) is 5.73 Å². The van der Waals surface area contributed by atoms with Crippen LogP contribution in [-0.4, -0.2) is 4.98 Å². The van der Waals surface area contributed by atoms with Crippen molar-refractivity contribution in [2.24, 2.45) is 11.7 Å². The van der Waals surface area contributed by atoms with E-state index in [0.717, 1.165) is 11.4 Å². The maximum absolute atomic E-state index is 6.51. The Morgan fingerprint density at radius 2 is 2.36 bits per heavy atom. The van der Waals surface area contributed by atoms with Crippen molar-refractivity contribution in [1.82, 2.24) is 4.98 Å². The molecule has 1 fully saturated rings. The summed E-state index contributed by atoms with van der Waals surface area (Å²) in [5.74, 6) is 0.594. The van der Waals surface area contributed by atoms with Crippen LogP contribution in [0.15, 0.2) is 6.20 Å². The van der Waals surface area contributed by atoms with Crippen LogP contribution >= 0.6 is 11.3 Å². The zero-order chi connectivity index (χ0) is 10.2. The third kappa shape index (κ3) is 1.59. The topological polar surface area (TPSA) is 38.9 Å². The molecule has 1 heterocycles. The summed E-state index contributed by atoms with van der Waals surface area (Å²) in [7, 11) is 0. The molecule has 2 nitrogen and oxygen atoms in total. The second kappa shape index (κ2) is 3.63. The number of hydrogen-bond donors (Lipinski definition) is 1. The van der Waals surface area contributed by atoms with Gasteiger partial charge in [0.1, 0.15) is 0 Å². The van der Waals surface area contributed by atoms with Crippen molar-refractivity contribution in [1.29, 1.82) is 0 Å². The van der Waals surface area contributed by atoms with Crippen molar-refractivity contribution >= 4 is 11.3 Å². The molecule has 1 aromatic heterocycles. The highest BCUT2D eigenvalue weighted by Gasteiger charge is 2.37. The van der Waals surface area contributed by atoms with Crippen molar-refractivity contribution < 1.29 is 0 Å². The lowest BCUT2D eigenvalue weighted by Gasteiger charge is -2.38. The highest BCUT2D eigenvalue weighted by Crippen LogP contribution is 2.41. The van der Waals surface area contributed by atoms with Gasteiger partial charge in [0.25, 0.3) is 0 Å². The molecule has 2 atom stereocenters. The molecule has 3 heteroatoms. The molecular weight excluding hydrogens is 192 g/mol. The number of hydrogen-bond acceptors (Lipinski definition) is 3. The maximum Gasteiger partial charge on any atom is 0.0897 e. The Hall–Kier alpha value is -0.410. The number of nitrogens with two attached hydrogens (primary N) is 1. The molecule has 0 spiro atoms. The summed E-state index contributed by atoms with van der Waals surface area (Å²) in [6, 6.07) is 0. The zero-order valence-electron chi connectivity index (χ0n) is 8.92. The molecule has 1 aliphatic carbocycles. The van der Waals surface area contributed by atoms with Gasteiger partial charge in [-0.25, -0.2) is 4.98 Å². The predicted molar refractivity (Wildman–Crippen MR) is 60.3 cm³/mol. The number of aromatic nitrogens is 1. The van der Waals surface area contributed by atoms with Crippen LogP contribution in [0.2, 0.25) is 0 Å². The first-order valence-corrected chi connectivity index (χ1v) is 6.16. The maximum atomic E-state index is 6.51. The lowest BCUT2D eigenvalue weighted by molar-refractivity contribution is 0.211. The van der Waals surface area contributed by atoms with E-state index in [1.807, 2.05) is 13.1 Å². The van der Waals surface area contributed by atoms with Crippen molar-refractivity contribution in [2.75, 3.05) is 0 Å². The Morgan fingerprint density at radius 3 is 2.93 bits per heavy atom. The Bertz CT molecular complexity index is 321. The van der Waals surface area contributed by atoms with Crippen LogP contribution in [0.5, 0.6) is 0 Å². The van der Waals surface area contributed by atoms with E-state index < -0.39 is 0 Å². The van der Waals surface area contributed by atoms with Crippen LogP contribution < -0.4 is 5.73 Å². The number of thiazole rings is 1. The Labute approximate surface area is 89.5 Å². The van der Waals surface area contributed by atoms with Gasteiger partial charge in [0.05, 0.1) is 10.5 Å². The van der Waals surface area contributed by atoms with E-state index in [-0.39, 0.29) is 5.54 Å². The van der Waals surface area contributed by atoms with E-state index in [1.54, 1.807) is 11.3 Å². The summed E-state index contributed by atoms with van der Waals surface area (Å²) >= 11 is 1.76. The summed E-state index contributed by atoms with van der Waals surface area (Å²) in [6.07, 6.45) is 6.95. The molecule has 78 valence electrons. The van der Waals surface area contributed by atoms with E-state index in [9.17, 15) is 0 Å². The van der Waals surface area contributed by atoms with Crippen LogP contribution in [0.3, 0.4) is 0 Å². The lowest BCUT2D eigenvalue weighted by atomic mass is 9.74. The third-order valence-corrected chi connectivity index (χ3v) is 4.54. The predicted octanol–water partition coefficient (Wildman–Crippen LogP) is 2.82. The summed E-state index contributed by atoms with van der Waals surface area (Å²) in [5.41, 5.74) is 6.41. The molecule has 2 unspecified atom stereocenters. The number of rotatable bonds is 1. The number of aryl methyl sites for hydroxylation is 1. The molecule has 2 N–H and O–H groups in total. The van der Waals surface area contributed by atoms with Crippen LogP contribution in [0.4, 0.5) is 0 Å². The average Bonchev–Trinajstić information content (AvgIpc) is 2.58. The molecule has 0 radical (unpaired) electrons. The molecule has 1 aromatic rings. The molecule has 0 saturated heterocycles. The van der Waals surface area contributed by atoms with Crippen LogP contribution in [0.25, 0.3) is 0 Å². The van der Waals surface area contributed by atoms with Gasteiger partial charge >= 0.3 is 0 Å². The van der Waals surface area contributed by atoms with Gasteiger partial charge in [-0.15, -0.1) is 11.3 Å². The van der Waals surface area contributed by atoms with E-state index in [2.05, 4.69) is 11.9 Å². The quantitative estimate of drug-likeness (QED) is 0.774. The minimum atomic E-state index is -0.0931. The molecule has 0 amide bonds. The highest BCUT2D eigenvalue weighted by atomic mass is 32.1. The smallest absolute Gasteiger partial charge is 0.0897 e. The van der Waals surface area contributed by atoms with Gasteiger partial charge in [0, 0.05) is 11.1 Å². The summed E-state index contributed by atoms with van der Waals surface area (Å²) < 4.78 is 0.